The summed E-state index contributed by atoms with van der Waals surface area (Å²) in [6.07, 6.45) is 4.85. The number of halogens is 1. The molecule has 1 heterocycles. The van der Waals surface area contributed by atoms with E-state index in [0.29, 0.717) is 18.2 Å². The minimum atomic E-state index is -0.319. The summed E-state index contributed by atoms with van der Waals surface area (Å²) in [6, 6.07) is 6.31. The van der Waals surface area contributed by atoms with Crippen molar-refractivity contribution in [1.82, 2.24) is 10.2 Å². The number of piperidine rings is 1. The van der Waals surface area contributed by atoms with Crippen molar-refractivity contribution in [2.75, 3.05) is 19.6 Å². The summed E-state index contributed by atoms with van der Waals surface area (Å²) in [4.78, 5) is 14.3. The van der Waals surface area contributed by atoms with Crippen molar-refractivity contribution < 1.29 is 9.18 Å². The molecule has 0 saturated carbocycles. The average molecular weight is 278 g/mol. The topological polar surface area (TPSA) is 32.3 Å². The zero-order valence-electron chi connectivity index (χ0n) is 12.1. The Morgan fingerprint density at radius 3 is 2.80 bits per heavy atom. The lowest BCUT2D eigenvalue weighted by Crippen LogP contribution is -2.39. The van der Waals surface area contributed by atoms with Gasteiger partial charge in [-0.15, -0.1) is 0 Å². The van der Waals surface area contributed by atoms with Crippen molar-refractivity contribution in [1.29, 1.82) is 0 Å². The normalized spacial score (nSPS) is 19.8. The van der Waals surface area contributed by atoms with E-state index < -0.39 is 0 Å². The molecule has 110 valence electrons. The maximum Gasteiger partial charge on any atom is 0.251 e. The Labute approximate surface area is 120 Å². The fraction of sp³-hybridized carbons (Fsp3) is 0.562. The second kappa shape index (κ2) is 7.39. The molecule has 4 heteroatoms. The highest BCUT2D eigenvalue weighted by molar-refractivity contribution is 5.94. The largest absolute Gasteiger partial charge is 0.352 e. The highest BCUT2D eigenvalue weighted by Crippen LogP contribution is 2.16. The standard InChI is InChI=1S/C16H23FN2O/c1-13-5-2-3-11-19(13)12-4-10-18-16(20)14-6-8-15(17)9-7-14/h6-9,13H,2-5,10-12H2,1H3,(H,18,20)/t13-/m1/s1. The summed E-state index contributed by atoms with van der Waals surface area (Å²) in [5.74, 6) is -0.447. The van der Waals surface area contributed by atoms with Gasteiger partial charge in [-0.2, -0.15) is 0 Å². The highest BCUT2D eigenvalue weighted by atomic mass is 19.1. The van der Waals surface area contributed by atoms with Crippen LogP contribution in [0, 0.1) is 5.82 Å². The van der Waals surface area contributed by atoms with E-state index in [-0.39, 0.29) is 11.7 Å². The molecule has 2 rings (SSSR count). The molecule has 1 aliphatic heterocycles. The predicted octanol–water partition coefficient (Wildman–Crippen LogP) is 2.82. The number of benzene rings is 1. The molecular formula is C16H23FN2O. The third-order valence-electron chi connectivity index (χ3n) is 3.95. The zero-order chi connectivity index (χ0) is 14.4. The summed E-state index contributed by atoms with van der Waals surface area (Å²) in [5.41, 5.74) is 0.512. The molecule has 3 nitrogen and oxygen atoms in total. The molecule has 0 spiro atoms. The Balaban J connectivity index is 1.67. The van der Waals surface area contributed by atoms with E-state index in [2.05, 4.69) is 17.1 Å². The molecule has 0 radical (unpaired) electrons. The van der Waals surface area contributed by atoms with E-state index in [9.17, 15) is 9.18 Å². The molecule has 1 aromatic carbocycles. The maximum atomic E-state index is 12.8. The first-order valence-electron chi connectivity index (χ1n) is 7.44. The first kappa shape index (κ1) is 15.0. The Kier molecular flexibility index (Phi) is 5.53. The van der Waals surface area contributed by atoms with Crippen molar-refractivity contribution in [3.05, 3.63) is 35.6 Å². The lowest BCUT2D eigenvalue weighted by atomic mass is 10.0. The van der Waals surface area contributed by atoms with Crippen LogP contribution in [0.3, 0.4) is 0 Å². The molecule has 1 atom stereocenters. The smallest absolute Gasteiger partial charge is 0.251 e. The van der Waals surface area contributed by atoms with Crippen LogP contribution in [-0.2, 0) is 0 Å². The Hall–Kier alpha value is -1.42. The van der Waals surface area contributed by atoms with Gasteiger partial charge in [0.2, 0.25) is 0 Å². The number of nitrogens with one attached hydrogen (secondary N) is 1. The molecule has 1 aliphatic rings. The first-order chi connectivity index (χ1) is 9.66. The molecule has 0 aromatic heterocycles. The second-order valence-electron chi connectivity index (χ2n) is 5.50. The van der Waals surface area contributed by atoms with Gasteiger partial charge < -0.3 is 10.2 Å². The van der Waals surface area contributed by atoms with Crippen LogP contribution in [0.4, 0.5) is 4.39 Å². The van der Waals surface area contributed by atoms with E-state index in [1.165, 1.54) is 50.1 Å². The molecule has 1 fully saturated rings. The lowest BCUT2D eigenvalue weighted by molar-refractivity contribution is 0.0949. The SMILES string of the molecule is C[C@@H]1CCCCN1CCCNC(=O)c1ccc(F)cc1. The minimum Gasteiger partial charge on any atom is -0.352 e. The summed E-state index contributed by atoms with van der Waals surface area (Å²) >= 11 is 0. The number of carbonyl (C=O) groups excluding carboxylic acids is 1. The summed E-state index contributed by atoms with van der Waals surface area (Å²) in [5, 5.41) is 2.88. The van der Waals surface area contributed by atoms with Crippen molar-refractivity contribution in [3.63, 3.8) is 0 Å². The summed E-state index contributed by atoms with van der Waals surface area (Å²) in [6.45, 7) is 5.15. The fourth-order valence-corrected chi connectivity index (χ4v) is 2.68. The van der Waals surface area contributed by atoms with Crippen LogP contribution >= 0.6 is 0 Å². The molecule has 20 heavy (non-hydrogen) atoms. The van der Waals surface area contributed by atoms with Crippen LogP contribution in [-0.4, -0.2) is 36.5 Å². The molecule has 0 unspecified atom stereocenters. The van der Waals surface area contributed by atoms with E-state index in [4.69, 9.17) is 0 Å². The Morgan fingerprint density at radius 1 is 1.35 bits per heavy atom. The number of hydrogen-bond donors (Lipinski definition) is 1. The Morgan fingerprint density at radius 2 is 2.10 bits per heavy atom. The van der Waals surface area contributed by atoms with Crippen LogP contribution in [0.15, 0.2) is 24.3 Å². The van der Waals surface area contributed by atoms with E-state index >= 15 is 0 Å². The van der Waals surface area contributed by atoms with Crippen LogP contribution in [0.2, 0.25) is 0 Å². The van der Waals surface area contributed by atoms with E-state index in [1.54, 1.807) is 0 Å². The van der Waals surface area contributed by atoms with Crippen LogP contribution in [0.5, 0.6) is 0 Å². The molecule has 1 saturated heterocycles. The van der Waals surface area contributed by atoms with Gasteiger partial charge in [-0.1, -0.05) is 6.42 Å². The van der Waals surface area contributed by atoms with Crippen molar-refractivity contribution in [2.45, 2.75) is 38.6 Å². The van der Waals surface area contributed by atoms with Gasteiger partial charge in [0.15, 0.2) is 0 Å². The third-order valence-corrected chi connectivity index (χ3v) is 3.95. The van der Waals surface area contributed by atoms with Crippen molar-refractivity contribution >= 4 is 5.91 Å². The van der Waals surface area contributed by atoms with E-state index in [0.717, 1.165) is 13.0 Å². The zero-order valence-corrected chi connectivity index (χ0v) is 12.1. The molecule has 0 aliphatic carbocycles. The van der Waals surface area contributed by atoms with E-state index in [1.807, 2.05) is 0 Å². The van der Waals surface area contributed by atoms with Crippen LogP contribution in [0.25, 0.3) is 0 Å². The molecule has 0 bridgehead atoms. The van der Waals surface area contributed by atoms with Crippen molar-refractivity contribution in [3.8, 4) is 0 Å². The van der Waals surface area contributed by atoms with Crippen LogP contribution in [0.1, 0.15) is 43.0 Å². The first-order valence-corrected chi connectivity index (χ1v) is 7.44. The quantitative estimate of drug-likeness (QED) is 0.840. The van der Waals surface area contributed by atoms with Crippen molar-refractivity contribution in [2.24, 2.45) is 0 Å². The monoisotopic (exact) mass is 278 g/mol. The number of carbonyl (C=O) groups is 1. The molecular weight excluding hydrogens is 255 g/mol. The average Bonchev–Trinajstić information content (AvgIpc) is 2.46. The molecule has 1 amide bonds. The minimum absolute atomic E-state index is 0.128. The van der Waals surface area contributed by atoms with Gasteiger partial charge in [0.25, 0.3) is 5.91 Å². The summed E-state index contributed by atoms with van der Waals surface area (Å²) in [7, 11) is 0. The molecule has 1 N–H and O–H groups in total. The number of nitrogens with zero attached hydrogens (tertiary/aromatic N) is 1. The highest BCUT2D eigenvalue weighted by Gasteiger charge is 2.17. The third kappa shape index (κ3) is 4.30. The lowest BCUT2D eigenvalue weighted by Gasteiger charge is -2.33. The van der Waals surface area contributed by atoms with Crippen LogP contribution < -0.4 is 5.32 Å². The van der Waals surface area contributed by atoms with Gasteiger partial charge in [0.05, 0.1) is 0 Å². The van der Waals surface area contributed by atoms with Gasteiger partial charge in [-0.3, -0.25) is 4.79 Å². The van der Waals surface area contributed by atoms with Gasteiger partial charge in [-0.25, -0.2) is 4.39 Å². The number of amides is 1. The molecule has 1 aromatic rings. The number of hydrogen-bond acceptors (Lipinski definition) is 2. The predicted molar refractivity (Wildman–Crippen MR) is 78.2 cm³/mol. The Bertz CT molecular complexity index is 433. The van der Waals surface area contributed by atoms with Gasteiger partial charge in [0.1, 0.15) is 5.82 Å². The number of likely N-dealkylation sites (tertiary alicyclic amines) is 1. The summed E-state index contributed by atoms with van der Waals surface area (Å²) < 4.78 is 12.8. The maximum absolute atomic E-state index is 12.8. The van der Waals surface area contributed by atoms with Gasteiger partial charge >= 0.3 is 0 Å². The fourth-order valence-electron chi connectivity index (χ4n) is 2.68. The number of rotatable bonds is 5. The second-order valence-corrected chi connectivity index (χ2v) is 5.50. The van der Waals surface area contributed by atoms with Gasteiger partial charge in [-0.05, 0) is 57.0 Å². The van der Waals surface area contributed by atoms with Gasteiger partial charge in [0, 0.05) is 24.7 Å².